The predicted octanol–water partition coefficient (Wildman–Crippen LogP) is 2.03. The fraction of sp³-hybridized carbons (Fsp3) is 0.455. The maximum atomic E-state index is 5.83. The van der Waals surface area contributed by atoms with Crippen LogP contribution in [0.2, 0.25) is 0 Å². The zero-order chi connectivity index (χ0) is 10.7. The van der Waals surface area contributed by atoms with Gasteiger partial charge >= 0.3 is 0 Å². The molecule has 3 nitrogen and oxygen atoms in total. The SMILES string of the molecule is COc1ccc(C(C)N)c(C)c1OC. The predicted molar refractivity (Wildman–Crippen MR) is 56.9 cm³/mol. The van der Waals surface area contributed by atoms with Crippen molar-refractivity contribution >= 4 is 0 Å². The Kier molecular flexibility index (Phi) is 3.36. The molecule has 0 heterocycles. The molecule has 0 fully saturated rings. The Morgan fingerprint density at radius 2 is 1.86 bits per heavy atom. The van der Waals surface area contributed by atoms with Crippen LogP contribution in [0.1, 0.15) is 24.1 Å². The van der Waals surface area contributed by atoms with E-state index in [0.717, 1.165) is 22.6 Å². The van der Waals surface area contributed by atoms with E-state index in [1.54, 1.807) is 14.2 Å². The van der Waals surface area contributed by atoms with Crippen molar-refractivity contribution < 1.29 is 9.47 Å². The lowest BCUT2D eigenvalue weighted by molar-refractivity contribution is 0.352. The molecule has 1 atom stereocenters. The van der Waals surface area contributed by atoms with Crippen LogP contribution in [0.25, 0.3) is 0 Å². The van der Waals surface area contributed by atoms with Crippen molar-refractivity contribution in [1.82, 2.24) is 0 Å². The van der Waals surface area contributed by atoms with Crippen molar-refractivity contribution in [3.63, 3.8) is 0 Å². The molecule has 0 aliphatic heterocycles. The Morgan fingerprint density at radius 1 is 1.21 bits per heavy atom. The molecule has 1 aromatic carbocycles. The van der Waals surface area contributed by atoms with Crippen molar-refractivity contribution in [3.8, 4) is 11.5 Å². The third-order valence-electron chi connectivity index (χ3n) is 2.33. The highest BCUT2D eigenvalue weighted by Gasteiger charge is 2.12. The lowest BCUT2D eigenvalue weighted by atomic mass is 10.0. The van der Waals surface area contributed by atoms with E-state index in [4.69, 9.17) is 15.2 Å². The fourth-order valence-corrected chi connectivity index (χ4v) is 1.59. The van der Waals surface area contributed by atoms with Gasteiger partial charge in [0.2, 0.25) is 0 Å². The van der Waals surface area contributed by atoms with E-state index >= 15 is 0 Å². The number of methoxy groups -OCH3 is 2. The highest BCUT2D eigenvalue weighted by Crippen LogP contribution is 2.34. The molecule has 0 aliphatic rings. The van der Waals surface area contributed by atoms with Gasteiger partial charge in [-0.15, -0.1) is 0 Å². The van der Waals surface area contributed by atoms with Gasteiger partial charge in [-0.2, -0.15) is 0 Å². The third-order valence-corrected chi connectivity index (χ3v) is 2.33. The van der Waals surface area contributed by atoms with Crippen molar-refractivity contribution in [2.75, 3.05) is 14.2 Å². The molecule has 0 saturated heterocycles. The Balaban J connectivity index is 3.27. The van der Waals surface area contributed by atoms with Crippen LogP contribution in [0.4, 0.5) is 0 Å². The minimum atomic E-state index is 0.00908. The van der Waals surface area contributed by atoms with Crippen LogP contribution in [0.5, 0.6) is 11.5 Å². The van der Waals surface area contributed by atoms with Gasteiger partial charge in [0.25, 0.3) is 0 Å². The van der Waals surface area contributed by atoms with Crippen molar-refractivity contribution in [2.24, 2.45) is 5.73 Å². The standard InChI is InChI=1S/C11H17NO2/c1-7-9(8(2)12)5-6-10(13-3)11(7)14-4/h5-6,8H,12H2,1-4H3. The lowest BCUT2D eigenvalue weighted by Gasteiger charge is -2.15. The summed E-state index contributed by atoms with van der Waals surface area (Å²) in [5.41, 5.74) is 7.96. The first-order chi connectivity index (χ1) is 6.61. The third kappa shape index (κ3) is 1.82. The molecule has 3 heteroatoms. The molecule has 2 N–H and O–H groups in total. The second kappa shape index (κ2) is 4.33. The molecule has 0 radical (unpaired) electrons. The summed E-state index contributed by atoms with van der Waals surface area (Å²) in [5.74, 6) is 1.51. The van der Waals surface area contributed by atoms with Gasteiger partial charge in [0.1, 0.15) is 0 Å². The van der Waals surface area contributed by atoms with Crippen LogP contribution < -0.4 is 15.2 Å². The number of rotatable bonds is 3. The van der Waals surface area contributed by atoms with Gasteiger partial charge in [-0.25, -0.2) is 0 Å². The monoisotopic (exact) mass is 195 g/mol. The molecule has 0 bridgehead atoms. The molecule has 78 valence electrons. The minimum Gasteiger partial charge on any atom is -0.493 e. The van der Waals surface area contributed by atoms with Gasteiger partial charge in [0, 0.05) is 6.04 Å². The summed E-state index contributed by atoms with van der Waals surface area (Å²) >= 11 is 0. The fourth-order valence-electron chi connectivity index (χ4n) is 1.59. The quantitative estimate of drug-likeness (QED) is 0.802. The van der Waals surface area contributed by atoms with Gasteiger partial charge in [0.15, 0.2) is 11.5 Å². The van der Waals surface area contributed by atoms with E-state index in [1.165, 1.54) is 0 Å². The summed E-state index contributed by atoms with van der Waals surface area (Å²) in [4.78, 5) is 0. The van der Waals surface area contributed by atoms with Gasteiger partial charge in [-0.05, 0) is 31.0 Å². The molecular formula is C11H17NO2. The topological polar surface area (TPSA) is 44.5 Å². The molecule has 0 aliphatic carbocycles. The van der Waals surface area contributed by atoms with Gasteiger partial charge in [0.05, 0.1) is 14.2 Å². The highest BCUT2D eigenvalue weighted by molar-refractivity contribution is 5.50. The second-order valence-corrected chi connectivity index (χ2v) is 3.30. The van der Waals surface area contributed by atoms with E-state index in [1.807, 2.05) is 26.0 Å². The number of benzene rings is 1. The first kappa shape index (κ1) is 10.9. The molecule has 0 aromatic heterocycles. The van der Waals surface area contributed by atoms with Gasteiger partial charge in [-0.1, -0.05) is 6.07 Å². The molecule has 0 saturated carbocycles. The van der Waals surface area contributed by atoms with Crippen LogP contribution in [0.3, 0.4) is 0 Å². The Labute approximate surface area is 84.8 Å². The van der Waals surface area contributed by atoms with Crippen molar-refractivity contribution in [3.05, 3.63) is 23.3 Å². The van der Waals surface area contributed by atoms with E-state index in [-0.39, 0.29) is 6.04 Å². The first-order valence-electron chi connectivity index (χ1n) is 4.58. The number of hydrogen-bond donors (Lipinski definition) is 1. The van der Waals surface area contributed by atoms with Crippen molar-refractivity contribution in [1.29, 1.82) is 0 Å². The molecular weight excluding hydrogens is 178 g/mol. The van der Waals surface area contributed by atoms with Crippen LogP contribution in [-0.2, 0) is 0 Å². The smallest absolute Gasteiger partial charge is 0.163 e. The maximum Gasteiger partial charge on any atom is 0.163 e. The minimum absolute atomic E-state index is 0.00908. The number of hydrogen-bond acceptors (Lipinski definition) is 3. The average Bonchev–Trinajstić information content (AvgIpc) is 2.16. The summed E-state index contributed by atoms with van der Waals surface area (Å²) in [6.07, 6.45) is 0. The maximum absolute atomic E-state index is 5.83. The number of nitrogens with two attached hydrogens (primary N) is 1. The lowest BCUT2D eigenvalue weighted by Crippen LogP contribution is -2.08. The molecule has 1 unspecified atom stereocenters. The molecule has 1 aromatic rings. The Bertz CT molecular complexity index is 321. The molecule has 14 heavy (non-hydrogen) atoms. The zero-order valence-electron chi connectivity index (χ0n) is 9.13. The second-order valence-electron chi connectivity index (χ2n) is 3.30. The Hall–Kier alpha value is -1.22. The van der Waals surface area contributed by atoms with Crippen LogP contribution in [0, 0.1) is 6.92 Å². The molecule has 0 spiro atoms. The summed E-state index contributed by atoms with van der Waals surface area (Å²) in [6.45, 7) is 3.94. The summed E-state index contributed by atoms with van der Waals surface area (Å²) in [6, 6.07) is 3.86. The molecule has 1 rings (SSSR count). The number of ether oxygens (including phenoxy) is 2. The van der Waals surface area contributed by atoms with Crippen LogP contribution in [-0.4, -0.2) is 14.2 Å². The summed E-state index contributed by atoms with van der Waals surface area (Å²) < 4.78 is 10.5. The normalized spacial score (nSPS) is 12.4. The molecule has 0 amide bonds. The summed E-state index contributed by atoms with van der Waals surface area (Å²) in [7, 11) is 3.26. The van der Waals surface area contributed by atoms with E-state index in [9.17, 15) is 0 Å². The Morgan fingerprint density at radius 3 is 2.29 bits per heavy atom. The van der Waals surface area contributed by atoms with Crippen molar-refractivity contribution in [2.45, 2.75) is 19.9 Å². The van der Waals surface area contributed by atoms with Gasteiger partial charge < -0.3 is 15.2 Å². The summed E-state index contributed by atoms with van der Waals surface area (Å²) in [5, 5.41) is 0. The highest BCUT2D eigenvalue weighted by atomic mass is 16.5. The van der Waals surface area contributed by atoms with Crippen LogP contribution >= 0.6 is 0 Å². The van der Waals surface area contributed by atoms with E-state index in [2.05, 4.69) is 0 Å². The van der Waals surface area contributed by atoms with E-state index < -0.39 is 0 Å². The average molecular weight is 195 g/mol. The first-order valence-corrected chi connectivity index (χ1v) is 4.58. The zero-order valence-corrected chi connectivity index (χ0v) is 9.13. The largest absolute Gasteiger partial charge is 0.493 e. The van der Waals surface area contributed by atoms with Crippen LogP contribution in [0.15, 0.2) is 12.1 Å². The van der Waals surface area contributed by atoms with Gasteiger partial charge in [-0.3, -0.25) is 0 Å². The van der Waals surface area contributed by atoms with E-state index in [0.29, 0.717) is 0 Å².